The van der Waals surface area contributed by atoms with Crippen LogP contribution >= 0.6 is 11.6 Å². The van der Waals surface area contributed by atoms with Crippen LogP contribution in [0.5, 0.6) is 0 Å². The molecule has 0 radical (unpaired) electrons. The summed E-state index contributed by atoms with van der Waals surface area (Å²) in [6.45, 7) is 0.669. The van der Waals surface area contributed by atoms with Crippen LogP contribution in [0.2, 0.25) is 0 Å². The molecule has 1 aliphatic heterocycles. The summed E-state index contributed by atoms with van der Waals surface area (Å²) in [5.74, 6) is 0.454. The number of nitrogens with one attached hydrogen (secondary N) is 2. The molecule has 1 rings (SSSR count). The van der Waals surface area contributed by atoms with Gasteiger partial charge >= 0.3 is 0 Å². The van der Waals surface area contributed by atoms with E-state index in [0.29, 0.717) is 12.4 Å². The van der Waals surface area contributed by atoms with Crippen molar-refractivity contribution in [3.63, 3.8) is 0 Å². The topological polar surface area (TPSA) is 45.1 Å². The van der Waals surface area contributed by atoms with Crippen molar-refractivity contribution in [1.82, 2.24) is 5.32 Å². The molecule has 46 valence electrons. The maximum absolute atomic E-state index is 6.89. The first kappa shape index (κ1) is 5.69. The van der Waals surface area contributed by atoms with Gasteiger partial charge in [-0.1, -0.05) is 0 Å². The number of hydrogen-bond acceptors (Lipinski definition) is 2. The lowest BCUT2D eigenvalue weighted by Gasteiger charge is -1.99. The smallest absolute Gasteiger partial charge is 0.282 e. The zero-order valence-electron chi connectivity index (χ0n) is 4.28. The van der Waals surface area contributed by atoms with Crippen molar-refractivity contribution in [3.8, 4) is 0 Å². The molecule has 4 heteroatoms. The molecule has 1 fully saturated rings. The van der Waals surface area contributed by atoms with E-state index in [0.717, 1.165) is 0 Å². The van der Waals surface area contributed by atoms with Crippen LogP contribution in [0.1, 0.15) is 0 Å². The first-order valence-corrected chi connectivity index (χ1v) is 2.91. The highest BCUT2D eigenvalue weighted by Gasteiger charge is 2.17. The summed E-state index contributed by atoms with van der Waals surface area (Å²) in [7, 11) is 0. The molecule has 1 unspecified atom stereocenters. The van der Waals surface area contributed by atoms with Gasteiger partial charge in [0, 0.05) is 0 Å². The molecular formula is C4H7ClN2O. The quantitative estimate of drug-likeness (QED) is 0.502. The Hall–Kier alpha value is -0.440. The van der Waals surface area contributed by atoms with E-state index in [-0.39, 0.29) is 12.1 Å². The highest BCUT2D eigenvalue weighted by atomic mass is 35.5. The van der Waals surface area contributed by atoms with Crippen molar-refractivity contribution in [2.24, 2.45) is 0 Å². The summed E-state index contributed by atoms with van der Waals surface area (Å²) in [4.78, 5) is 0. The average Bonchev–Trinajstić information content (AvgIpc) is 2.14. The van der Waals surface area contributed by atoms with E-state index in [1.54, 1.807) is 0 Å². The summed E-state index contributed by atoms with van der Waals surface area (Å²) in [6, 6.07) is 0.135. The van der Waals surface area contributed by atoms with Crippen LogP contribution in [0.3, 0.4) is 0 Å². The van der Waals surface area contributed by atoms with Crippen LogP contribution < -0.4 is 5.32 Å². The zero-order valence-corrected chi connectivity index (χ0v) is 5.03. The van der Waals surface area contributed by atoms with Gasteiger partial charge in [-0.2, -0.15) is 0 Å². The van der Waals surface area contributed by atoms with E-state index >= 15 is 0 Å². The normalized spacial score (nSPS) is 27.1. The summed E-state index contributed by atoms with van der Waals surface area (Å²) >= 11 is 5.41. The van der Waals surface area contributed by atoms with Crippen LogP contribution in [0, 0.1) is 5.41 Å². The maximum atomic E-state index is 6.89. The lowest BCUT2D eigenvalue weighted by atomic mass is 10.4. The third-order valence-corrected chi connectivity index (χ3v) is 1.29. The Balaban J connectivity index is 2.32. The molecule has 3 nitrogen and oxygen atoms in total. The fraction of sp³-hybridized carbons (Fsp3) is 0.750. The van der Waals surface area contributed by atoms with Gasteiger partial charge in [0.15, 0.2) is 0 Å². The average molecular weight is 135 g/mol. The predicted octanol–water partition coefficient (Wildman–Crippen LogP) is 0.148. The Kier molecular flexibility index (Phi) is 1.58. The first-order chi connectivity index (χ1) is 3.83. The zero-order chi connectivity index (χ0) is 5.98. The van der Waals surface area contributed by atoms with Gasteiger partial charge < -0.3 is 10.1 Å². The molecule has 1 saturated heterocycles. The number of halogens is 1. The highest BCUT2D eigenvalue weighted by Crippen LogP contribution is 1.99. The molecule has 0 bridgehead atoms. The Morgan fingerprint density at radius 3 is 3.00 bits per heavy atom. The van der Waals surface area contributed by atoms with Gasteiger partial charge in [0.25, 0.3) is 6.02 Å². The molecular weight excluding hydrogens is 128 g/mol. The lowest BCUT2D eigenvalue weighted by molar-refractivity contribution is 0.253. The van der Waals surface area contributed by atoms with Gasteiger partial charge in [0.2, 0.25) is 0 Å². The van der Waals surface area contributed by atoms with E-state index in [1.165, 1.54) is 0 Å². The molecule has 1 atom stereocenters. The number of alkyl halides is 1. The van der Waals surface area contributed by atoms with Crippen molar-refractivity contribution in [3.05, 3.63) is 0 Å². The minimum atomic E-state index is 0.00386. The third kappa shape index (κ3) is 1.04. The van der Waals surface area contributed by atoms with Crippen molar-refractivity contribution >= 4 is 17.6 Å². The second kappa shape index (κ2) is 2.22. The van der Waals surface area contributed by atoms with Gasteiger partial charge in [-0.25, -0.2) is 0 Å². The summed E-state index contributed by atoms with van der Waals surface area (Å²) in [6.07, 6.45) is 0.00386. The third-order valence-electron chi connectivity index (χ3n) is 0.947. The van der Waals surface area contributed by atoms with Crippen LogP contribution in [0.4, 0.5) is 0 Å². The van der Waals surface area contributed by atoms with E-state index in [2.05, 4.69) is 5.32 Å². The van der Waals surface area contributed by atoms with Crippen LogP contribution in [-0.4, -0.2) is 24.6 Å². The fourth-order valence-corrected chi connectivity index (χ4v) is 0.715. The van der Waals surface area contributed by atoms with Crippen LogP contribution in [0.15, 0.2) is 0 Å². The van der Waals surface area contributed by atoms with Crippen molar-refractivity contribution < 1.29 is 4.74 Å². The number of amidine groups is 1. The standard InChI is InChI=1S/C4H7ClN2O/c5-1-3-2-7-4(6)8-3/h3H,1-2H2,(H2,6,7). The molecule has 0 aliphatic carbocycles. The highest BCUT2D eigenvalue weighted by molar-refractivity contribution is 6.18. The first-order valence-electron chi connectivity index (χ1n) is 2.38. The fourth-order valence-electron chi connectivity index (χ4n) is 0.543. The SMILES string of the molecule is N=C1NCC(CCl)O1. The molecule has 0 saturated carbocycles. The maximum Gasteiger partial charge on any atom is 0.282 e. The van der Waals surface area contributed by atoms with Crippen LogP contribution in [-0.2, 0) is 4.74 Å². The largest absolute Gasteiger partial charge is 0.459 e. The van der Waals surface area contributed by atoms with Gasteiger partial charge in [0.1, 0.15) is 6.10 Å². The van der Waals surface area contributed by atoms with Gasteiger partial charge in [-0.05, 0) is 0 Å². The minimum absolute atomic E-state index is 0.00386. The Morgan fingerprint density at radius 2 is 2.75 bits per heavy atom. The van der Waals surface area contributed by atoms with E-state index in [9.17, 15) is 0 Å². The molecule has 2 N–H and O–H groups in total. The lowest BCUT2D eigenvalue weighted by Crippen LogP contribution is -2.15. The Labute approximate surface area is 52.5 Å². The molecule has 0 aromatic rings. The molecule has 0 spiro atoms. The van der Waals surface area contributed by atoms with E-state index < -0.39 is 0 Å². The van der Waals surface area contributed by atoms with Gasteiger partial charge in [0.05, 0.1) is 12.4 Å². The molecule has 0 aromatic carbocycles. The summed E-state index contributed by atoms with van der Waals surface area (Å²) in [5.41, 5.74) is 0. The molecule has 8 heavy (non-hydrogen) atoms. The van der Waals surface area contributed by atoms with Gasteiger partial charge in [-0.15, -0.1) is 11.6 Å². The monoisotopic (exact) mass is 134 g/mol. The Morgan fingerprint density at radius 1 is 2.00 bits per heavy atom. The van der Waals surface area contributed by atoms with Gasteiger partial charge in [-0.3, -0.25) is 5.41 Å². The van der Waals surface area contributed by atoms with E-state index in [1.807, 2.05) is 0 Å². The second-order valence-corrected chi connectivity index (χ2v) is 1.91. The molecule has 1 heterocycles. The molecule has 0 aromatic heterocycles. The number of hydrogen-bond donors (Lipinski definition) is 2. The summed E-state index contributed by atoms with van der Waals surface area (Å²) < 4.78 is 4.85. The van der Waals surface area contributed by atoms with Crippen molar-refractivity contribution in [2.45, 2.75) is 6.10 Å². The predicted molar refractivity (Wildman–Crippen MR) is 31.3 cm³/mol. The Bertz CT molecular complexity index is 106. The minimum Gasteiger partial charge on any atom is -0.459 e. The van der Waals surface area contributed by atoms with Crippen molar-refractivity contribution in [1.29, 1.82) is 5.41 Å². The van der Waals surface area contributed by atoms with Crippen molar-refractivity contribution in [2.75, 3.05) is 12.4 Å². The summed E-state index contributed by atoms with van der Waals surface area (Å²) in [5, 5.41) is 9.59. The number of ether oxygens (including phenoxy) is 1. The molecule has 1 aliphatic rings. The van der Waals surface area contributed by atoms with Crippen LogP contribution in [0.25, 0.3) is 0 Å². The van der Waals surface area contributed by atoms with E-state index in [4.69, 9.17) is 21.7 Å². The number of rotatable bonds is 1. The second-order valence-electron chi connectivity index (χ2n) is 1.60. The molecule has 0 amide bonds.